The van der Waals surface area contributed by atoms with Crippen molar-refractivity contribution in [3.05, 3.63) is 51.6 Å². The summed E-state index contributed by atoms with van der Waals surface area (Å²) in [5.41, 5.74) is 7.10. The highest BCUT2D eigenvalue weighted by molar-refractivity contribution is 5.66. The molecule has 2 aliphatic carbocycles. The largest absolute Gasteiger partial charge is 0.494 e. The molecule has 0 radical (unpaired) electrons. The SMILES string of the molecule is Nc1ccc(-n2c(O)c3c(c2O)[C@H]2C=C[C@@H]3C2)cc1[N+](=O)[O-]. The molecular weight excluding hydrogens is 286 g/mol. The van der Waals surface area contributed by atoms with Gasteiger partial charge in [0.05, 0.1) is 10.6 Å². The average molecular weight is 299 g/mol. The fourth-order valence-electron chi connectivity index (χ4n) is 3.51. The quantitative estimate of drug-likeness (QED) is 0.341. The van der Waals surface area contributed by atoms with Crippen LogP contribution in [0.5, 0.6) is 11.8 Å². The normalized spacial score (nSPS) is 21.3. The van der Waals surface area contributed by atoms with Crippen LogP contribution in [0.25, 0.3) is 5.69 Å². The zero-order chi connectivity index (χ0) is 15.6. The Balaban J connectivity index is 1.93. The van der Waals surface area contributed by atoms with E-state index in [1.54, 1.807) is 0 Å². The van der Waals surface area contributed by atoms with Crippen molar-refractivity contribution in [2.45, 2.75) is 18.3 Å². The minimum Gasteiger partial charge on any atom is -0.494 e. The number of nitrogens with zero attached hydrogens (tertiary/aromatic N) is 2. The van der Waals surface area contributed by atoms with E-state index in [4.69, 9.17) is 5.73 Å². The number of hydrogen-bond acceptors (Lipinski definition) is 5. The highest BCUT2D eigenvalue weighted by Gasteiger charge is 2.41. The molecule has 7 nitrogen and oxygen atoms in total. The molecule has 0 aliphatic heterocycles. The number of hydrogen-bond donors (Lipinski definition) is 3. The lowest BCUT2D eigenvalue weighted by Crippen LogP contribution is -2.00. The van der Waals surface area contributed by atoms with Gasteiger partial charge in [-0.15, -0.1) is 0 Å². The number of aromatic nitrogens is 1. The van der Waals surface area contributed by atoms with Crippen molar-refractivity contribution >= 4 is 11.4 Å². The molecule has 0 saturated carbocycles. The van der Waals surface area contributed by atoms with Gasteiger partial charge in [-0.25, -0.2) is 0 Å². The summed E-state index contributed by atoms with van der Waals surface area (Å²) >= 11 is 0. The Morgan fingerprint density at radius 3 is 2.32 bits per heavy atom. The van der Waals surface area contributed by atoms with E-state index in [0.29, 0.717) is 16.8 Å². The predicted molar refractivity (Wildman–Crippen MR) is 79.4 cm³/mol. The molecule has 0 fully saturated rings. The summed E-state index contributed by atoms with van der Waals surface area (Å²) in [7, 11) is 0. The van der Waals surface area contributed by atoms with Crippen molar-refractivity contribution in [3.63, 3.8) is 0 Å². The van der Waals surface area contributed by atoms with Gasteiger partial charge in [0.25, 0.3) is 5.69 Å². The monoisotopic (exact) mass is 299 g/mol. The van der Waals surface area contributed by atoms with E-state index in [1.807, 2.05) is 12.2 Å². The van der Waals surface area contributed by atoms with Crippen molar-refractivity contribution in [1.29, 1.82) is 0 Å². The lowest BCUT2D eigenvalue weighted by molar-refractivity contribution is -0.383. The number of anilines is 1. The molecule has 4 rings (SSSR count). The average Bonchev–Trinajstić information content (AvgIpc) is 3.14. The second-order valence-corrected chi connectivity index (χ2v) is 5.64. The fraction of sp³-hybridized carbons (Fsp3) is 0.200. The minimum absolute atomic E-state index is 0.0363. The number of benzene rings is 1. The van der Waals surface area contributed by atoms with Crippen LogP contribution < -0.4 is 5.73 Å². The zero-order valence-electron chi connectivity index (χ0n) is 11.4. The third-order valence-electron chi connectivity index (χ3n) is 4.49. The Morgan fingerprint density at radius 2 is 1.77 bits per heavy atom. The molecule has 1 aromatic heterocycles. The summed E-state index contributed by atoms with van der Waals surface area (Å²) in [5.74, 6) is 0.0543. The molecule has 1 aromatic carbocycles. The van der Waals surface area contributed by atoms with Crippen LogP contribution in [0.3, 0.4) is 0 Å². The van der Waals surface area contributed by atoms with Crippen LogP contribution in [-0.4, -0.2) is 19.7 Å². The van der Waals surface area contributed by atoms with Gasteiger partial charge >= 0.3 is 0 Å². The van der Waals surface area contributed by atoms with Crippen molar-refractivity contribution in [1.82, 2.24) is 4.57 Å². The summed E-state index contributed by atoms with van der Waals surface area (Å²) in [4.78, 5) is 10.4. The van der Waals surface area contributed by atoms with Crippen LogP contribution in [0, 0.1) is 10.1 Å². The summed E-state index contributed by atoms with van der Waals surface area (Å²) in [6.45, 7) is 0. The van der Waals surface area contributed by atoms with E-state index in [9.17, 15) is 20.3 Å². The summed E-state index contributed by atoms with van der Waals surface area (Å²) in [5, 5.41) is 32.0. The third kappa shape index (κ3) is 1.45. The standard InChI is InChI=1S/C15H13N3O4/c16-10-4-3-9(6-11(10)18(21)22)17-14(19)12-7-1-2-8(5-7)13(12)15(17)20/h1-4,6-8,19-20H,5,16H2/t7-,8+. The van der Waals surface area contributed by atoms with E-state index in [0.717, 1.165) is 6.42 Å². The Bertz CT molecular complexity index is 817. The molecule has 7 heteroatoms. The maximum Gasteiger partial charge on any atom is 0.294 e. The first kappa shape index (κ1) is 12.8. The molecule has 22 heavy (non-hydrogen) atoms. The molecule has 2 aliphatic rings. The number of nitrogen functional groups attached to an aromatic ring is 1. The molecule has 2 bridgehead atoms. The van der Waals surface area contributed by atoms with Gasteiger partial charge in [0, 0.05) is 29.0 Å². The topological polar surface area (TPSA) is 115 Å². The van der Waals surface area contributed by atoms with Crippen molar-refractivity contribution < 1.29 is 15.1 Å². The lowest BCUT2D eigenvalue weighted by atomic mass is 10.0. The molecule has 0 spiro atoms. The van der Waals surface area contributed by atoms with Gasteiger partial charge in [0.2, 0.25) is 11.8 Å². The van der Waals surface area contributed by atoms with E-state index >= 15 is 0 Å². The maximum atomic E-state index is 11.0. The molecule has 0 amide bonds. The third-order valence-corrected chi connectivity index (χ3v) is 4.49. The number of allylic oxidation sites excluding steroid dienone is 2. The molecule has 2 atom stereocenters. The van der Waals surface area contributed by atoms with Crippen LogP contribution in [0.2, 0.25) is 0 Å². The van der Waals surface area contributed by atoms with Gasteiger partial charge < -0.3 is 15.9 Å². The minimum atomic E-state index is -0.588. The van der Waals surface area contributed by atoms with Crippen LogP contribution in [-0.2, 0) is 0 Å². The molecular formula is C15H13N3O4. The van der Waals surface area contributed by atoms with E-state index in [1.165, 1.54) is 22.8 Å². The molecule has 2 aromatic rings. The summed E-state index contributed by atoms with van der Waals surface area (Å²) in [6.07, 6.45) is 4.89. The first-order valence-corrected chi connectivity index (χ1v) is 6.88. The highest BCUT2D eigenvalue weighted by atomic mass is 16.6. The second-order valence-electron chi connectivity index (χ2n) is 5.64. The number of nitro benzene ring substituents is 1. The van der Waals surface area contributed by atoms with Gasteiger partial charge in [0.1, 0.15) is 5.69 Å². The molecule has 0 saturated heterocycles. The first-order valence-electron chi connectivity index (χ1n) is 6.88. The van der Waals surface area contributed by atoms with Crippen LogP contribution in [0.4, 0.5) is 11.4 Å². The van der Waals surface area contributed by atoms with Gasteiger partial charge in [-0.3, -0.25) is 14.7 Å². The smallest absolute Gasteiger partial charge is 0.294 e. The number of fused-ring (bicyclic) bond motifs is 5. The molecule has 0 unspecified atom stereocenters. The van der Waals surface area contributed by atoms with Gasteiger partial charge in [-0.05, 0) is 18.6 Å². The Hall–Kier alpha value is -2.96. The molecule has 4 N–H and O–H groups in total. The van der Waals surface area contributed by atoms with Crippen molar-refractivity contribution in [2.24, 2.45) is 0 Å². The molecule has 112 valence electrons. The van der Waals surface area contributed by atoms with E-state index in [-0.39, 0.29) is 35.0 Å². The lowest BCUT2D eigenvalue weighted by Gasteiger charge is -2.10. The Labute approximate surface area is 125 Å². The second kappa shape index (κ2) is 4.03. The van der Waals surface area contributed by atoms with Crippen LogP contribution in [0.15, 0.2) is 30.4 Å². The van der Waals surface area contributed by atoms with Crippen LogP contribution >= 0.6 is 0 Å². The van der Waals surface area contributed by atoms with Gasteiger partial charge in [-0.1, -0.05) is 12.2 Å². The predicted octanol–water partition coefficient (Wildman–Crippen LogP) is 2.52. The Kier molecular flexibility index (Phi) is 2.34. The highest BCUT2D eigenvalue weighted by Crippen LogP contribution is 2.57. The number of aromatic hydroxyl groups is 2. The van der Waals surface area contributed by atoms with E-state index in [2.05, 4.69) is 0 Å². The van der Waals surface area contributed by atoms with Gasteiger partial charge in [0.15, 0.2) is 0 Å². The van der Waals surface area contributed by atoms with Crippen molar-refractivity contribution in [3.8, 4) is 17.4 Å². The molecule has 1 heterocycles. The van der Waals surface area contributed by atoms with E-state index < -0.39 is 4.92 Å². The zero-order valence-corrected chi connectivity index (χ0v) is 11.4. The number of rotatable bonds is 2. The number of nitro groups is 1. The number of nitrogens with two attached hydrogens (primary N) is 1. The summed E-state index contributed by atoms with van der Waals surface area (Å²) in [6, 6.07) is 4.18. The Morgan fingerprint density at radius 1 is 1.18 bits per heavy atom. The van der Waals surface area contributed by atoms with Gasteiger partial charge in [-0.2, -0.15) is 0 Å². The van der Waals surface area contributed by atoms with Crippen LogP contribution in [0.1, 0.15) is 29.4 Å². The fourth-order valence-corrected chi connectivity index (χ4v) is 3.51. The first-order chi connectivity index (χ1) is 10.5. The summed E-state index contributed by atoms with van der Waals surface area (Å²) < 4.78 is 1.24. The van der Waals surface area contributed by atoms with Crippen molar-refractivity contribution in [2.75, 3.05) is 5.73 Å². The maximum absolute atomic E-state index is 11.0.